The Labute approximate surface area is 102 Å². The average Bonchev–Trinajstić information content (AvgIpc) is 2.79. The predicted molar refractivity (Wildman–Crippen MR) is 63.2 cm³/mol. The Bertz CT molecular complexity index is 514. The van der Waals surface area contributed by atoms with Gasteiger partial charge in [0.05, 0.1) is 12.2 Å². The molecule has 2 heterocycles. The average molecular weight is 250 g/mol. The van der Waals surface area contributed by atoms with Crippen molar-refractivity contribution in [3.05, 3.63) is 35.9 Å². The van der Waals surface area contributed by atoms with Gasteiger partial charge in [-0.3, -0.25) is 4.98 Å². The van der Waals surface area contributed by atoms with E-state index < -0.39 is 5.97 Å². The van der Waals surface area contributed by atoms with Crippen LogP contribution in [0.2, 0.25) is 0 Å². The maximum absolute atomic E-state index is 10.6. The van der Waals surface area contributed by atoms with E-state index >= 15 is 0 Å². The molecule has 0 fully saturated rings. The van der Waals surface area contributed by atoms with Gasteiger partial charge in [0.25, 0.3) is 5.82 Å². The lowest BCUT2D eigenvalue weighted by Crippen LogP contribution is -2.17. The Morgan fingerprint density at radius 2 is 2.35 bits per heavy atom. The lowest BCUT2D eigenvalue weighted by molar-refractivity contribution is 0.0685. The van der Waals surface area contributed by atoms with E-state index in [9.17, 15) is 4.79 Å². The summed E-state index contributed by atoms with van der Waals surface area (Å²) in [6.45, 7) is 0.565. The molecule has 0 saturated heterocycles. The SMILES string of the molecule is CN(Cc1ccccn1)c1nc(C(=O)O)ns1. The first-order chi connectivity index (χ1) is 8.16. The minimum Gasteiger partial charge on any atom is -0.475 e. The molecule has 0 aliphatic rings. The monoisotopic (exact) mass is 250 g/mol. The summed E-state index contributed by atoms with van der Waals surface area (Å²) in [5.41, 5.74) is 0.891. The molecular weight excluding hydrogens is 240 g/mol. The topological polar surface area (TPSA) is 79.2 Å². The van der Waals surface area contributed by atoms with E-state index in [1.165, 1.54) is 0 Å². The summed E-state index contributed by atoms with van der Waals surface area (Å²) in [5, 5.41) is 9.28. The highest BCUT2D eigenvalue weighted by Gasteiger charge is 2.13. The third-order valence-electron chi connectivity index (χ3n) is 2.06. The lowest BCUT2D eigenvalue weighted by atomic mass is 10.3. The highest BCUT2D eigenvalue weighted by atomic mass is 32.1. The number of carboxylic acids is 1. The Morgan fingerprint density at radius 3 is 2.94 bits per heavy atom. The Hall–Kier alpha value is -2.02. The first-order valence-corrected chi connectivity index (χ1v) is 5.62. The number of hydrogen-bond acceptors (Lipinski definition) is 6. The Morgan fingerprint density at radius 1 is 1.53 bits per heavy atom. The van der Waals surface area contributed by atoms with Crippen molar-refractivity contribution < 1.29 is 9.90 Å². The first kappa shape index (κ1) is 11.5. The van der Waals surface area contributed by atoms with Gasteiger partial charge in [-0.1, -0.05) is 6.07 Å². The molecule has 2 aromatic heterocycles. The molecule has 17 heavy (non-hydrogen) atoms. The number of aromatic carboxylic acids is 1. The van der Waals surface area contributed by atoms with Gasteiger partial charge in [-0.15, -0.1) is 0 Å². The summed E-state index contributed by atoms with van der Waals surface area (Å²) in [6, 6.07) is 5.64. The molecule has 6 nitrogen and oxygen atoms in total. The first-order valence-electron chi connectivity index (χ1n) is 4.85. The largest absolute Gasteiger partial charge is 0.475 e. The molecule has 0 amide bonds. The van der Waals surface area contributed by atoms with E-state index in [0.717, 1.165) is 17.2 Å². The minimum atomic E-state index is -1.11. The van der Waals surface area contributed by atoms with Gasteiger partial charge in [0.2, 0.25) is 5.13 Å². The number of rotatable bonds is 4. The second-order valence-corrected chi connectivity index (χ2v) is 4.11. The zero-order chi connectivity index (χ0) is 12.3. The Kier molecular flexibility index (Phi) is 3.29. The van der Waals surface area contributed by atoms with Gasteiger partial charge in [0.1, 0.15) is 0 Å². The quantitative estimate of drug-likeness (QED) is 0.880. The summed E-state index contributed by atoms with van der Waals surface area (Å²) in [5.74, 6) is -1.28. The van der Waals surface area contributed by atoms with E-state index in [2.05, 4.69) is 14.3 Å². The van der Waals surface area contributed by atoms with Crippen molar-refractivity contribution in [2.45, 2.75) is 6.54 Å². The molecule has 0 aliphatic carbocycles. The van der Waals surface area contributed by atoms with Crippen LogP contribution in [0.1, 0.15) is 16.3 Å². The Balaban J connectivity index is 2.09. The zero-order valence-corrected chi connectivity index (χ0v) is 9.89. The van der Waals surface area contributed by atoms with Crippen molar-refractivity contribution in [1.82, 2.24) is 14.3 Å². The molecule has 0 spiro atoms. The van der Waals surface area contributed by atoms with E-state index in [1.807, 2.05) is 30.1 Å². The fourth-order valence-electron chi connectivity index (χ4n) is 1.26. The molecule has 2 aromatic rings. The molecule has 88 valence electrons. The minimum absolute atomic E-state index is 0.169. The molecule has 1 N–H and O–H groups in total. The summed E-state index contributed by atoms with van der Waals surface area (Å²) in [6.07, 6.45) is 1.71. The highest BCUT2D eigenvalue weighted by molar-refractivity contribution is 7.09. The smallest absolute Gasteiger partial charge is 0.375 e. The van der Waals surface area contributed by atoms with Crippen LogP contribution in [0.25, 0.3) is 0 Å². The number of pyridine rings is 1. The van der Waals surface area contributed by atoms with Gasteiger partial charge in [-0.25, -0.2) is 4.79 Å². The molecule has 0 aliphatic heterocycles. The van der Waals surface area contributed by atoms with E-state index in [0.29, 0.717) is 11.7 Å². The second kappa shape index (κ2) is 4.88. The van der Waals surface area contributed by atoms with Crippen molar-refractivity contribution in [1.29, 1.82) is 0 Å². The molecule has 2 rings (SSSR count). The van der Waals surface area contributed by atoms with Crippen LogP contribution < -0.4 is 4.90 Å². The maximum atomic E-state index is 10.6. The van der Waals surface area contributed by atoms with Crippen molar-refractivity contribution in [2.75, 3.05) is 11.9 Å². The molecule has 0 atom stereocenters. The van der Waals surface area contributed by atoms with Gasteiger partial charge in [0.15, 0.2) is 0 Å². The standard InChI is InChI=1S/C10H10N4O2S/c1-14(6-7-4-2-3-5-11-7)10-12-8(9(15)16)13-17-10/h2-5H,6H2,1H3,(H,15,16). The predicted octanol–water partition coefficient (Wildman–Crippen LogP) is 1.27. The molecule has 0 radical (unpaired) electrons. The van der Waals surface area contributed by atoms with Gasteiger partial charge in [-0.05, 0) is 12.1 Å². The third-order valence-corrected chi connectivity index (χ3v) is 2.89. The van der Waals surface area contributed by atoms with Crippen LogP contribution in [0.4, 0.5) is 5.13 Å². The van der Waals surface area contributed by atoms with Crippen molar-refractivity contribution >= 4 is 22.6 Å². The van der Waals surface area contributed by atoms with Crippen LogP contribution in [-0.2, 0) is 6.54 Å². The fraction of sp³-hybridized carbons (Fsp3) is 0.200. The molecular formula is C10H10N4O2S. The number of carboxylic acid groups (broad SMARTS) is 1. The summed E-state index contributed by atoms with van der Waals surface area (Å²) >= 11 is 1.06. The lowest BCUT2D eigenvalue weighted by Gasteiger charge is -2.13. The van der Waals surface area contributed by atoms with Gasteiger partial charge >= 0.3 is 5.97 Å². The van der Waals surface area contributed by atoms with E-state index in [4.69, 9.17) is 5.11 Å². The highest BCUT2D eigenvalue weighted by Crippen LogP contribution is 2.17. The summed E-state index contributed by atoms with van der Waals surface area (Å²) in [7, 11) is 1.82. The summed E-state index contributed by atoms with van der Waals surface area (Å²) < 4.78 is 3.75. The van der Waals surface area contributed by atoms with Crippen molar-refractivity contribution in [3.63, 3.8) is 0 Å². The maximum Gasteiger partial charge on any atom is 0.375 e. The van der Waals surface area contributed by atoms with Crippen LogP contribution in [0, 0.1) is 0 Å². The zero-order valence-electron chi connectivity index (χ0n) is 9.07. The molecule has 0 bridgehead atoms. The number of carbonyl (C=O) groups is 1. The van der Waals surface area contributed by atoms with E-state index in [1.54, 1.807) is 6.20 Å². The van der Waals surface area contributed by atoms with Crippen LogP contribution in [0.15, 0.2) is 24.4 Å². The van der Waals surface area contributed by atoms with Gasteiger partial charge < -0.3 is 10.0 Å². The number of anilines is 1. The summed E-state index contributed by atoms with van der Waals surface area (Å²) in [4.78, 5) is 20.6. The van der Waals surface area contributed by atoms with Crippen molar-refractivity contribution in [3.8, 4) is 0 Å². The van der Waals surface area contributed by atoms with E-state index in [-0.39, 0.29) is 5.82 Å². The molecule has 0 aromatic carbocycles. The molecule has 0 unspecified atom stereocenters. The van der Waals surface area contributed by atoms with Gasteiger partial charge in [-0.2, -0.15) is 9.36 Å². The number of aromatic nitrogens is 3. The number of nitrogens with zero attached hydrogens (tertiary/aromatic N) is 4. The fourth-order valence-corrected chi connectivity index (χ4v) is 1.88. The second-order valence-electron chi connectivity index (χ2n) is 3.38. The number of hydrogen-bond donors (Lipinski definition) is 1. The normalized spacial score (nSPS) is 10.2. The van der Waals surface area contributed by atoms with Crippen molar-refractivity contribution in [2.24, 2.45) is 0 Å². The van der Waals surface area contributed by atoms with Crippen LogP contribution in [0.3, 0.4) is 0 Å². The van der Waals surface area contributed by atoms with Crippen LogP contribution in [0.5, 0.6) is 0 Å². The molecule has 7 heteroatoms. The van der Waals surface area contributed by atoms with Crippen LogP contribution >= 0.6 is 11.5 Å². The van der Waals surface area contributed by atoms with Crippen LogP contribution in [-0.4, -0.2) is 32.5 Å². The van der Waals surface area contributed by atoms with Gasteiger partial charge in [0, 0.05) is 24.8 Å². The molecule has 0 saturated carbocycles. The third kappa shape index (κ3) is 2.76.